The van der Waals surface area contributed by atoms with Crippen molar-refractivity contribution < 1.29 is 14.2 Å². The monoisotopic (exact) mass is 822 g/mol. The molecule has 18 rings (SSSR count). The molecular weight excluding hydrogens is 781 g/mol. The van der Waals surface area contributed by atoms with Gasteiger partial charge in [0.2, 0.25) is 0 Å². The zero-order valence-electron chi connectivity index (χ0n) is 35.2. The van der Waals surface area contributed by atoms with E-state index in [9.17, 15) is 0 Å². The van der Waals surface area contributed by atoms with Gasteiger partial charge in [0, 0.05) is 17.4 Å². The van der Waals surface area contributed by atoms with E-state index >= 15 is 0 Å². The van der Waals surface area contributed by atoms with E-state index in [-0.39, 0.29) is 36.1 Å². The van der Waals surface area contributed by atoms with Gasteiger partial charge in [-0.3, -0.25) is 0 Å². The van der Waals surface area contributed by atoms with E-state index in [1.54, 1.807) is 0 Å². The molecule has 0 fully saturated rings. The Bertz CT molecular complexity index is 3430. The first kappa shape index (κ1) is 35.6. The minimum atomic E-state index is -0.260. The van der Waals surface area contributed by atoms with E-state index in [4.69, 9.17) is 14.2 Å². The molecule has 0 saturated heterocycles. The fourth-order valence-electron chi connectivity index (χ4n) is 13.0. The van der Waals surface area contributed by atoms with Crippen LogP contribution in [0.5, 0.6) is 0 Å². The number of fused-ring (bicyclic) bond motifs is 25. The van der Waals surface area contributed by atoms with Crippen molar-refractivity contribution in [2.75, 3.05) is 0 Å². The molecule has 9 aromatic rings. The molecule has 6 unspecified atom stereocenters. The average molecular weight is 823 g/mol. The highest BCUT2D eigenvalue weighted by atomic mass is 16.5. The largest absolute Gasteiger partial charge is 0.357 e. The molecule has 0 N–H and O–H groups in total. The lowest BCUT2D eigenvalue weighted by Crippen LogP contribution is -2.27. The first-order valence-electron chi connectivity index (χ1n) is 22.9. The lowest BCUT2D eigenvalue weighted by molar-refractivity contribution is 0.0122. The topological polar surface area (TPSA) is 27.7 Å². The minimum absolute atomic E-state index is 0.115. The average Bonchev–Trinajstić information content (AvgIpc) is 4.24. The Hall–Kier alpha value is -6.88. The first-order chi connectivity index (χ1) is 31.6. The molecule has 3 nitrogen and oxygen atoms in total. The summed E-state index contributed by atoms with van der Waals surface area (Å²) in [6, 6.07) is 57.6. The quantitative estimate of drug-likeness (QED) is 0.113. The zero-order chi connectivity index (χ0) is 41.8. The van der Waals surface area contributed by atoms with Crippen LogP contribution in [0.25, 0.3) is 43.1 Å². The van der Waals surface area contributed by atoms with Crippen molar-refractivity contribution >= 4 is 43.1 Å². The van der Waals surface area contributed by atoms with Gasteiger partial charge in [0.15, 0.2) is 0 Å². The fraction of sp³-hybridized carbons (Fsp3) is 0.148. The third-order valence-electron chi connectivity index (χ3n) is 15.6. The maximum atomic E-state index is 6.24. The van der Waals surface area contributed by atoms with Crippen molar-refractivity contribution in [2.24, 2.45) is 0 Å². The molecule has 304 valence electrons. The van der Waals surface area contributed by atoms with Gasteiger partial charge in [-0.2, -0.15) is 0 Å². The van der Waals surface area contributed by atoms with E-state index in [1.165, 1.54) is 110 Å². The number of rotatable bonds is 0. The molecule has 9 aromatic carbocycles. The highest BCUT2D eigenvalue weighted by Crippen LogP contribution is 2.59. The predicted octanol–water partition coefficient (Wildman–Crippen LogP) is 14.9. The maximum Gasteiger partial charge on any atom is 0.111 e. The molecule has 3 aliphatic carbocycles. The molecule has 6 atom stereocenters. The molecule has 0 saturated carbocycles. The Labute approximate surface area is 371 Å². The molecule has 6 aliphatic heterocycles. The summed E-state index contributed by atoms with van der Waals surface area (Å²) in [4.78, 5) is 0. The molecule has 0 aromatic heterocycles. The molecular formula is C61H42O3. The molecule has 64 heavy (non-hydrogen) atoms. The van der Waals surface area contributed by atoms with Crippen LogP contribution in [0, 0.1) is 0 Å². The van der Waals surface area contributed by atoms with Crippen LogP contribution in [0.4, 0.5) is 0 Å². The predicted molar refractivity (Wildman–Crippen MR) is 256 cm³/mol. The summed E-state index contributed by atoms with van der Waals surface area (Å²) in [6.07, 6.45) is 13.9. The molecule has 0 amide bonds. The van der Waals surface area contributed by atoms with Gasteiger partial charge in [-0.15, -0.1) is 0 Å². The van der Waals surface area contributed by atoms with Crippen LogP contribution < -0.4 is 0 Å². The highest BCUT2D eigenvalue weighted by molar-refractivity contribution is 6.13. The SMILES string of the molecule is C1=CC2OC1c1c2c2ccccc2c2ccccc12.C1=CC2OC1c1cc3c(cc12)C1c2ccccc2C3c2ccccc21.CC12C=CC(O1)c1c2c2ccccc2c2ccccc12. The summed E-state index contributed by atoms with van der Waals surface area (Å²) < 4.78 is 18.4. The van der Waals surface area contributed by atoms with Crippen molar-refractivity contribution in [2.45, 2.75) is 54.9 Å². The number of hydrogen-bond donors (Lipinski definition) is 0. The summed E-state index contributed by atoms with van der Waals surface area (Å²) in [5, 5.41) is 10.7. The minimum Gasteiger partial charge on any atom is -0.357 e. The van der Waals surface area contributed by atoms with Crippen LogP contribution >= 0.6 is 0 Å². The fourth-order valence-corrected chi connectivity index (χ4v) is 13.0. The van der Waals surface area contributed by atoms with Gasteiger partial charge in [0.05, 0.1) is 0 Å². The van der Waals surface area contributed by atoms with Crippen LogP contribution in [0.2, 0.25) is 0 Å². The smallest absolute Gasteiger partial charge is 0.111 e. The molecule has 0 radical (unpaired) electrons. The summed E-state index contributed by atoms with van der Waals surface area (Å²) in [5.74, 6) is 0.724. The van der Waals surface area contributed by atoms with Crippen LogP contribution in [0.15, 0.2) is 194 Å². The van der Waals surface area contributed by atoms with Gasteiger partial charge in [0.25, 0.3) is 0 Å². The molecule has 9 aliphatic rings. The lowest BCUT2D eigenvalue weighted by Gasteiger charge is -2.42. The van der Waals surface area contributed by atoms with Crippen molar-refractivity contribution in [3.63, 3.8) is 0 Å². The Balaban J connectivity index is 0.0000000903. The second-order valence-electron chi connectivity index (χ2n) is 18.8. The van der Waals surface area contributed by atoms with Crippen LogP contribution in [0.1, 0.15) is 116 Å². The van der Waals surface area contributed by atoms with Crippen molar-refractivity contribution in [1.82, 2.24) is 0 Å². The Morgan fingerprint density at radius 3 is 1.16 bits per heavy atom. The molecule has 6 heterocycles. The Kier molecular flexibility index (Phi) is 7.15. The van der Waals surface area contributed by atoms with E-state index in [2.05, 4.69) is 201 Å². The lowest BCUT2D eigenvalue weighted by atomic mass is 9.60. The second-order valence-corrected chi connectivity index (χ2v) is 18.8. The van der Waals surface area contributed by atoms with E-state index in [0.717, 1.165) is 0 Å². The van der Waals surface area contributed by atoms with Gasteiger partial charge in [-0.1, -0.05) is 188 Å². The van der Waals surface area contributed by atoms with E-state index < -0.39 is 0 Å². The van der Waals surface area contributed by atoms with Gasteiger partial charge in [-0.05, 0) is 117 Å². The summed E-state index contributed by atoms with van der Waals surface area (Å²) in [5.41, 5.74) is 16.9. The van der Waals surface area contributed by atoms with Gasteiger partial charge >= 0.3 is 0 Å². The molecule has 3 heteroatoms. The standard InChI is InChI=1S/C24H16O.C19H14O.C18H12O/c1-2-6-14-13(5-1)23-15-7-3-4-8-16(15)24(14)20-12-18-17(11-19(20)23)21-9-10-22(18)25-21;1-19-11-10-16(20-19)17-14-8-4-2-6-12(14)13-7-3-5-9-15(13)18(17)19;1-3-7-13-11(5-1)12-6-2-4-8-14(12)18-16-10-9-15(19-16)17(13)18/h1-12,21-24H;2-11,16H,1H3;1-10,15-16H. The Morgan fingerprint density at radius 2 is 0.688 bits per heavy atom. The van der Waals surface area contributed by atoms with Gasteiger partial charge < -0.3 is 14.2 Å². The summed E-state index contributed by atoms with van der Waals surface area (Å²) in [6.45, 7) is 2.18. The van der Waals surface area contributed by atoms with Crippen molar-refractivity contribution in [1.29, 1.82) is 0 Å². The van der Waals surface area contributed by atoms with Crippen LogP contribution in [-0.2, 0) is 19.8 Å². The van der Waals surface area contributed by atoms with Gasteiger partial charge in [-0.25, -0.2) is 0 Å². The normalized spacial score (nSPS) is 26.4. The van der Waals surface area contributed by atoms with Crippen LogP contribution in [-0.4, -0.2) is 0 Å². The third kappa shape index (κ3) is 4.66. The molecule has 8 bridgehead atoms. The maximum absolute atomic E-state index is 6.24. The van der Waals surface area contributed by atoms with Crippen molar-refractivity contribution in [3.05, 3.63) is 261 Å². The summed E-state index contributed by atoms with van der Waals surface area (Å²) >= 11 is 0. The highest BCUT2D eigenvalue weighted by Gasteiger charge is 2.46. The number of benzene rings is 9. The van der Waals surface area contributed by atoms with E-state index in [1.807, 2.05) is 0 Å². The third-order valence-corrected chi connectivity index (χ3v) is 15.6. The number of hydrogen-bond acceptors (Lipinski definition) is 3. The molecule has 0 spiro atoms. The first-order valence-corrected chi connectivity index (χ1v) is 22.9. The second kappa shape index (κ2) is 12.9. The van der Waals surface area contributed by atoms with Gasteiger partial charge in [0.1, 0.15) is 36.1 Å². The van der Waals surface area contributed by atoms with E-state index in [0.29, 0.717) is 11.8 Å². The van der Waals surface area contributed by atoms with Crippen LogP contribution in [0.3, 0.4) is 0 Å². The zero-order valence-corrected chi connectivity index (χ0v) is 35.2. The van der Waals surface area contributed by atoms with Crippen molar-refractivity contribution in [3.8, 4) is 0 Å². The summed E-state index contributed by atoms with van der Waals surface area (Å²) in [7, 11) is 0. The number of ether oxygens (including phenoxy) is 3. The Morgan fingerprint density at radius 1 is 0.328 bits per heavy atom.